The molecule has 1 aliphatic heterocycles. The van der Waals surface area contributed by atoms with Crippen LogP contribution in [0.15, 0.2) is 42.5 Å². The fourth-order valence-electron chi connectivity index (χ4n) is 3.81. The first-order valence-corrected chi connectivity index (χ1v) is 11.5. The van der Waals surface area contributed by atoms with Gasteiger partial charge in [0.1, 0.15) is 11.9 Å². The van der Waals surface area contributed by atoms with Gasteiger partial charge in [0, 0.05) is 11.1 Å². The van der Waals surface area contributed by atoms with Crippen LogP contribution < -0.4 is 4.72 Å². The molecule has 12 heteroatoms. The van der Waals surface area contributed by atoms with Gasteiger partial charge >= 0.3 is 6.09 Å². The Hall–Kier alpha value is -2.73. The Morgan fingerprint density at radius 1 is 1.24 bits per heavy atom. The first-order valence-electron chi connectivity index (χ1n) is 9.89. The summed E-state index contributed by atoms with van der Waals surface area (Å²) >= 11 is 0. The number of amides is 1. The van der Waals surface area contributed by atoms with E-state index in [2.05, 4.69) is 0 Å². The van der Waals surface area contributed by atoms with Crippen LogP contribution in [-0.4, -0.2) is 54.8 Å². The summed E-state index contributed by atoms with van der Waals surface area (Å²) in [6, 6.07) is 5.23. The Morgan fingerprint density at radius 2 is 1.91 bits per heavy atom. The van der Waals surface area contributed by atoms with Crippen LogP contribution in [-0.2, 0) is 16.4 Å². The molecule has 1 fully saturated rings. The number of nitrogens with one attached hydrogen (secondary N) is 1. The van der Waals surface area contributed by atoms with Gasteiger partial charge in [0.05, 0.1) is 18.3 Å². The van der Waals surface area contributed by atoms with Gasteiger partial charge in [-0.2, -0.15) is 0 Å². The molecule has 0 radical (unpaired) electrons. The molecule has 0 aromatic heterocycles. The lowest BCUT2D eigenvalue weighted by atomic mass is 9.95. The molecule has 6 nitrogen and oxygen atoms in total. The Kier molecular flexibility index (Phi) is 6.99. The highest BCUT2D eigenvalue weighted by Gasteiger charge is 2.57. The van der Waals surface area contributed by atoms with E-state index in [1.165, 1.54) is 43.3 Å². The molecular weight excluding hydrogens is 471 g/mol. The third-order valence-corrected chi connectivity index (χ3v) is 6.88. The highest BCUT2D eigenvalue weighted by Crippen LogP contribution is 2.36. The molecule has 1 aliphatic rings. The average molecular weight is 492 g/mol. The molecule has 2 aromatic rings. The Bertz CT molecular complexity index is 1140. The van der Waals surface area contributed by atoms with Gasteiger partial charge in [-0.3, -0.25) is 4.90 Å². The second kappa shape index (κ2) is 9.26. The molecule has 0 aliphatic carbocycles. The van der Waals surface area contributed by atoms with Gasteiger partial charge in [-0.1, -0.05) is 36.4 Å². The van der Waals surface area contributed by atoms with E-state index in [-0.39, 0.29) is 22.3 Å². The number of hydrogen-bond acceptors (Lipinski definition) is 3. The first-order chi connectivity index (χ1) is 15.4. The van der Waals surface area contributed by atoms with Crippen molar-refractivity contribution in [1.82, 2.24) is 9.62 Å². The highest BCUT2D eigenvalue weighted by molar-refractivity contribution is 7.89. The summed E-state index contributed by atoms with van der Waals surface area (Å²) in [5, 5.41) is 9.40. The molecular formula is C21H21F5N2O4S. The zero-order valence-corrected chi connectivity index (χ0v) is 18.1. The maximum Gasteiger partial charge on any atom is 0.407 e. The van der Waals surface area contributed by atoms with Gasteiger partial charge in [-0.15, -0.1) is 0 Å². The van der Waals surface area contributed by atoms with E-state index in [1.807, 2.05) is 4.72 Å². The van der Waals surface area contributed by atoms with E-state index in [1.54, 1.807) is 0 Å². The molecule has 1 amide bonds. The number of halogens is 5. The van der Waals surface area contributed by atoms with Crippen LogP contribution in [0.5, 0.6) is 0 Å². The summed E-state index contributed by atoms with van der Waals surface area (Å²) in [7, 11) is -4.14. The summed E-state index contributed by atoms with van der Waals surface area (Å²) in [6.45, 7) is -0.0301. The van der Waals surface area contributed by atoms with Gasteiger partial charge in [-0.25, -0.2) is 39.9 Å². The van der Waals surface area contributed by atoms with Crippen LogP contribution in [0.3, 0.4) is 0 Å². The van der Waals surface area contributed by atoms with Gasteiger partial charge in [0.2, 0.25) is 10.0 Å². The molecule has 0 unspecified atom stereocenters. The maximum absolute atomic E-state index is 15.3. The number of likely N-dealkylation sites (tertiary alicyclic amines) is 1. The van der Waals surface area contributed by atoms with Crippen molar-refractivity contribution in [1.29, 1.82) is 0 Å². The SMILES string of the molecule is CCS(=O)(=O)N[C@@H]1[C@H](Cc2cccc(-c3cccc(C(F)F)c3)c2F)N(C(=O)O)CC1(F)F. The van der Waals surface area contributed by atoms with E-state index in [4.69, 9.17) is 0 Å². The number of carboxylic acid groups (broad SMARTS) is 1. The third kappa shape index (κ3) is 5.27. The Labute approximate surface area is 187 Å². The molecule has 3 rings (SSSR count). The second-order valence-corrected chi connectivity index (χ2v) is 9.69. The molecule has 0 bridgehead atoms. The van der Waals surface area contributed by atoms with Crippen molar-refractivity contribution in [3.05, 3.63) is 59.4 Å². The van der Waals surface area contributed by atoms with Gasteiger partial charge in [0.25, 0.3) is 12.3 Å². The number of alkyl halides is 4. The summed E-state index contributed by atoms with van der Waals surface area (Å²) < 4.78 is 96.4. The van der Waals surface area contributed by atoms with E-state index >= 15 is 4.39 Å². The van der Waals surface area contributed by atoms with Crippen LogP contribution in [0, 0.1) is 5.82 Å². The van der Waals surface area contributed by atoms with Crippen molar-refractivity contribution in [2.45, 2.75) is 37.8 Å². The third-order valence-electron chi connectivity index (χ3n) is 5.51. The van der Waals surface area contributed by atoms with Gasteiger partial charge in [-0.05, 0) is 30.5 Å². The topological polar surface area (TPSA) is 86.7 Å². The van der Waals surface area contributed by atoms with Gasteiger partial charge < -0.3 is 5.11 Å². The van der Waals surface area contributed by atoms with Crippen LogP contribution in [0.1, 0.15) is 24.5 Å². The molecule has 2 atom stereocenters. The lowest BCUT2D eigenvalue weighted by Crippen LogP contribution is -2.52. The van der Waals surface area contributed by atoms with Crippen molar-refractivity contribution >= 4 is 16.1 Å². The molecule has 2 aromatic carbocycles. The summed E-state index contributed by atoms with van der Waals surface area (Å²) in [5.41, 5.74) is -0.446. The van der Waals surface area contributed by atoms with E-state index < -0.39 is 65.1 Å². The number of hydrogen-bond donors (Lipinski definition) is 2. The summed E-state index contributed by atoms with van der Waals surface area (Å²) in [5.74, 6) is -5.14. The number of benzene rings is 2. The molecule has 1 saturated heterocycles. The predicted molar refractivity (Wildman–Crippen MR) is 110 cm³/mol. The van der Waals surface area contributed by atoms with Gasteiger partial charge in [0.15, 0.2) is 0 Å². The zero-order chi connectivity index (χ0) is 24.6. The maximum atomic E-state index is 15.3. The smallest absolute Gasteiger partial charge is 0.407 e. The highest BCUT2D eigenvalue weighted by atomic mass is 32.2. The van der Waals surface area contributed by atoms with Crippen molar-refractivity contribution in [3.63, 3.8) is 0 Å². The molecule has 0 saturated carbocycles. The number of nitrogens with zero attached hydrogens (tertiary/aromatic N) is 1. The number of sulfonamides is 1. The molecule has 1 heterocycles. The molecule has 33 heavy (non-hydrogen) atoms. The number of carbonyl (C=O) groups is 1. The van der Waals surface area contributed by atoms with E-state index in [9.17, 15) is 35.9 Å². The molecule has 0 spiro atoms. The fraction of sp³-hybridized carbons (Fsp3) is 0.381. The summed E-state index contributed by atoms with van der Waals surface area (Å²) in [4.78, 5) is 12.0. The van der Waals surface area contributed by atoms with Crippen molar-refractivity contribution in [3.8, 4) is 11.1 Å². The Balaban J connectivity index is 2.01. The monoisotopic (exact) mass is 492 g/mol. The minimum Gasteiger partial charge on any atom is -0.465 e. The molecule has 180 valence electrons. The van der Waals surface area contributed by atoms with Crippen molar-refractivity contribution in [2.24, 2.45) is 0 Å². The van der Waals surface area contributed by atoms with E-state index in [0.29, 0.717) is 4.90 Å². The normalized spacial score (nSPS) is 20.4. The van der Waals surface area contributed by atoms with Crippen LogP contribution in [0.2, 0.25) is 0 Å². The lowest BCUT2D eigenvalue weighted by Gasteiger charge is -2.27. The number of rotatable bonds is 7. The fourth-order valence-corrected chi connectivity index (χ4v) is 4.69. The minimum atomic E-state index is -4.14. The van der Waals surface area contributed by atoms with Crippen LogP contribution >= 0.6 is 0 Å². The van der Waals surface area contributed by atoms with E-state index in [0.717, 1.165) is 6.07 Å². The van der Waals surface area contributed by atoms with Crippen molar-refractivity contribution < 1.29 is 40.3 Å². The minimum absolute atomic E-state index is 0.0766. The summed E-state index contributed by atoms with van der Waals surface area (Å²) in [6.07, 6.45) is -5.06. The second-order valence-electron chi connectivity index (χ2n) is 7.65. The molecule has 2 N–H and O–H groups in total. The van der Waals surface area contributed by atoms with Crippen molar-refractivity contribution in [2.75, 3.05) is 12.3 Å². The standard InChI is InChI=1S/C21H21F5N2O4S/c1-2-33(31,32)27-18-16(28(20(29)30)11-21(18,25)26)10-13-6-4-8-15(17(13)22)12-5-3-7-14(9-12)19(23)24/h3-9,16,18-19,27H,2,10-11H2,1H3,(H,29,30)/t16-,18+/m0/s1. The van der Waals surface area contributed by atoms with Crippen LogP contribution in [0.25, 0.3) is 11.1 Å². The average Bonchev–Trinajstić information content (AvgIpc) is 2.99. The lowest BCUT2D eigenvalue weighted by molar-refractivity contribution is -0.00563. The quantitative estimate of drug-likeness (QED) is 0.565. The first kappa shape index (κ1) is 24.9. The largest absolute Gasteiger partial charge is 0.465 e. The Morgan fingerprint density at radius 3 is 2.52 bits per heavy atom. The predicted octanol–water partition coefficient (Wildman–Crippen LogP) is 4.28. The zero-order valence-electron chi connectivity index (χ0n) is 17.3. The van der Waals surface area contributed by atoms with Crippen LogP contribution in [0.4, 0.5) is 26.7 Å².